The van der Waals surface area contributed by atoms with Gasteiger partial charge in [-0.3, -0.25) is 4.79 Å². The molecule has 2 aromatic heterocycles. The summed E-state index contributed by atoms with van der Waals surface area (Å²) in [6.07, 6.45) is 4.42. The van der Waals surface area contributed by atoms with E-state index in [-0.39, 0.29) is 17.8 Å². The number of nitrogens with zero attached hydrogens (tertiary/aromatic N) is 4. The van der Waals surface area contributed by atoms with Crippen LogP contribution in [-0.2, 0) is 6.42 Å². The predicted molar refractivity (Wildman–Crippen MR) is 132 cm³/mol. The Morgan fingerprint density at radius 3 is 2.70 bits per heavy atom. The van der Waals surface area contributed by atoms with Gasteiger partial charge in [0, 0.05) is 43.1 Å². The number of hydrogen-bond donors (Lipinski definition) is 0. The molecule has 33 heavy (non-hydrogen) atoms. The van der Waals surface area contributed by atoms with E-state index in [0.29, 0.717) is 33.5 Å². The molecule has 5 nitrogen and oxygen atoms in total. The molecular formula is C26H24BrFN4O. The Labute approximate surface area is 200 Å². The van der Waals surface area contributed by atoms with Crippen molar-refractivity contribution in [2.45, 2.75) is 19.4 Å². The molecule has 0 saturated heterocycles. The molecule has 0 unspecified atom stereocenters. The smallest absolute Gasteiger partial charge is 0.255 e. The van der Waals surface area contributed by atoms with E-state index in [4.69, 9.17) is 4.98 Å². The normalized spacial score (nSPS) is 15.5. The fourth-order valence-electron chi connectivity index (χ4n) is 4.57. The summed E-state index contributed by atoms with van der Waals surface area (Å²) in [5, 5.41) is 0. The second-order valence-corrected chi connectivity index (χ2v) is 9.53. The van der Waals surface area contributed by atoms with Crippen LogP contribution >= 0.6 is 15.9 Å². The lowest BCUT2D eigenvalue weighted by Gasteiger charge is -2.35. The molecule has 1 aliphatic rings. The number of benzene rings is 2. The average Bonchev–Trinajstić information content (AvgIpc) is 3.22. The number of carbonyl (C=O) groups excluding carboxylic acids is 1. The molecule has 3 heterocycles. The number of hydrogen-bond acceptors (Lipinski definition) is 3. The van der Waals surface area contributed by atoms with Crippen LogP contribution in [0.1, 0.15) is 34.5 Å². The monoisotopic (exact) mass is 506 g/mol. The molecule has 0 radical (unpaired) electrons. The van der Waals surface area contributed by atoms with Crippen molar-refractivity contribution in [1.29, 1.82) is 0 Å². The summed E-state index contributed by atoms with van der Waals surface area (Å²) in [5.74, 6) is -0.372. The van der Waals surface area contributed by atoms with E-state index in [2.05, 4.69) is 35.0 Å². The van der Waals surface area contributed by atoms with Crippen molar-refractivity contribution in [3.8, 4) is 11.3 Å². The zero-order valence-electron chi connectivity index (χ0n) is 18.7. The molecule has 4 aromatic rings. The first kappa shape index (κ1) is 21.6. The van der Waals surface area contributed by atoms with Gasteiger partial charge in [0.15, 0.2) is 5.65 Å². The molecule has 1 amide bonds. The summed E-state index contributed by atoms with van der Waals surface area (Å²) >= 11 is 3.30. The van der Waals surface area contributed by atoms with Crippen LogP contribution < -0.4 is 4.90 Å². The maximum Gasteiger partial charge on any atom is 0.255 e. The van der Waals surface area contributed by atoms with Crippen LogP contribution in [0.4, 0.5) is 10.1 Å². The van der Waals surface area contributed by atoms with Crippen molar-refractivity contribution in [2.75, 3.05) is 25.5 Å². The first-order valence-electron chi connectivity index (χ1n) is 10.9. The largest absolute Gasteiger partial charge is 0.375 e. The summed E-state index contributed by atoms with van der Waals surface area (Å²) in [5.41, 5.74) is 5.49. The van der Waals surface area contributed by atoms with E-state index in [0.717, 1.165) is 12.1 Å². The van der Waals surface area contributed by atoms with Crippen molar-refractivity contribution in [2.24, 2.45) is 0 Å². The number of fused-ring (bicyclic) bond motifs is 2. The molecule has 2 aromatic carbocycles. The van der Waals surface area contributed by atoms with Gasteiger partial charge in [-0.25, -0.2) is 9.37 Å². The lowest BCUT2D eigenvalue weighted by molar-refractivity contribution is 0.0677. The van der Waals surface area contributed by atoms with Gasteiger partial charge in [0.05, 0.1) is 23.0 Å². The highest BCUT2D eigenvalue weighted by molar-refractivity contribution is 9.10. The van der Waals surface area contributed by atoms with Gasteiger partial charge in [0.1, 0.15) is 5.82 Å². The van der Waals surface area contributed by atoms with Crippen molar-refractivity contribution < 1.29 is 9.18 Å². The first-order valence-corrected chi connectivity index (χ1v) is 11.7. The van der Waals surface area contributed by atoms with Crippen molar-refractivity contribution in [3.05, 3.63) is 87.9 Å². The van der Waals surface area contributed by atoms with Crippen LogP contribution in [0.5, 0.6) is 0 Å². The molecule has 1 aliphatic heterocycles. The van der Waals surface area contributed by atoms with Gasteiger partial charge >= 0.3 is 0 Å². The quantitative estimate of drug-likeness (QED) is 0.356. The van der Waals surface area contributed by atoms with E-state index < -0.39 is 0 Å². The standard InChI is InChI=1S/C26H24BrFN4O/c1-16-20-7-5-4-6-17(20)10-11-32(16)26(33)18-12-24(30(2)3)25-29-23(15-31(25)14-18)21-9-8-19(27)13-22(21)28/h4-9,12-16H,10-11H2,1-3H3/t16-/m1/s1. The number of rotatable bonds is 3. The van der Waals surface area contributed by atoms with E-state index in [1.807, 2.05) is 46.5 Å². The third-order valence-electron chi connectivity index (χ3n) is 6.32. The zero-order chi connectivity index (χ0) is 23.3. The molecule has 168 valence electrons. The minimum absolute atomic E-state index is 0.00355. The third-order valence-corrected chi connectivity index (χ3v) is 6.82. The second-order valence-electron chi connectivity index (χ2n) is 8.61. The van der Waals surface area contributed by atoms with E-state index in [1.165, 1.54) is 17.2 Å². The minimum atomic E-state index is -0.351. The number of carbonyl (C=O) groups is 1. The molecule has 0 spiro atoms. The van der Waals surface area contributed by atoms with Gasteiger partial charge in [0.2, 0.25) is 0 Å². The van der Waals surface area contributed by atoms with Gasteiger partial charge in [-0.1, -0.05) is 40.2 Å². The van der Waals surface area contributed by atoms with E-state index >= 15 is 0 Å². The maximum absolute atomic E-state index is 14.6. The van der Waals surface area contributed by atoms with Crippen LogP contribution in [-0.4, -0.2) is 40.8 Å². The molecule has 1 atom stereocenters. The Kier molecular flexibility index (Phi) is 5.44. The number of amides is 1. The van der Waals surface area contributed by atoms with E-state index in [9.17, 15) is 9.18 Å². The van der Waals surface area contributed by atoms with Crippen LogP contribution in [0.2, 0.25) is 0 Å². The highest BCUT2D eigenvalue weighted by atomic mass is 79.9. The maximum atomic E-state index is 14.6. The van der Waals surface area contributed by atoms with Gasteiger partial charge in [-0.2, -0.15) is 0 Å². The molecule has 0 bridgehead atoms. The van der Waals surface area contributed by atoms with Gasteiger partial charge < -0.3 is 14.2 Å². The van der Waals surface area contributed by atoms with Crippen molar-refractivity contribution in [1.82, 2.24) is 14.3 Å². The first-order chi connectivity index (χ1) is 15.8. The molecule has 0 saturated carbocycles. The highest BCUT2D eigenvalue weighted by Gasteiger charge is 2.29. The number of anilines is 1. The van der Waals surface area contributed by atoms with Gasteiger partial charge in [-0.15, -0.1) is 0 Å². The zero-order valence-corrected chi connectivity index (χ0v) is 20.3. The average molecular weight is 507 g/mol. The lowest BCUT2D eigenvalue weighted by Crippen LogP contribution is -2.39. The molecule has 0 aliphatic carbocycles. The molecule has 0 fully saturated rings. The number of halogens is 2. The number of imidazole rings is 1. The molecule has 5 rings (SSSR count). The van der Waals surface area contributed by atoms with Crippen LogP contribution in [0.15, 0.2) is 65.4 Å². The second kappa shape index (κ2) is 8.30. The number of pyridine rings is 1. The summed E-state index contributed by atoms with van der Waals surface area (Å²) < 4.78 is 17.1. The SMILES string of the molecule is C[C@@H]1c2ccccc2CCN1C(=O)c1cc(N(C)C)c2nc(-c3ccc(Br)cc3F)cn2c1. The molecule has 0 N–H and O–H groups in total. The Balaban J connectivity index is 1.57. The Morgan fingerprint density at radius 1 is 1.15 bits per heavy atom. The van der Waals surface area contributed by atoms with Gasteiger partial charge in [-0.05, 0) is 48.7 Å². The molecular weight excluding hydrogens is 483 g/mol. The summed E-state index contributed by atoms with van der Waals surface area (Å²) in [6, 6.07) is 15.1. The Hall–Kier alpha value is -3.19. The van der Waals surface area contributed by atoms with Gasteiger partial charge in [0.25, 0.3) is 5.91 Å². The predicted octanol–water partition coefficient (Wildman–Crippen LogP) is 5.73. The number of aromatic nitrogens is 2. The summed E-state index contributed by atoms with van der Waals surface area (Å²) in [6.45, 7) is 2.75. The van der Waals surface area contributed by atoms with Crippen molar-refractivity contribution >= 4 is 33.2 Å². The van der Waals surface area contributed by atoms with Crippen LogP contribution in [0.25, 0.3) is 16.9 Å². The Bertz CT molecular complexity index is 1380. The fraction of sp³-hybridized carbons (Fsp3) is 0.231. The fourth-order valence-corrected chi connectivity index (χ4v) is 4.90. The topological polar surface area (TPSA) is 40.9 Å². The van der Waals surface area contributed by atoms with Crippen molar-refractivity contribution in [3.63, 3.8) is 0 Å². The third kappa shape index (κ3) is 3.80. The highest BCUT2D eigenvalue weighted by Crippen LogP contribution is 2.32. The summed E-state index contributed by atoms with van der Waals surface area (Å²) in [7, 11) is 3.83. The lowest BCUT2D eigenvalue weighted by atomic mass is 9.93. The van der Waals surface area contributed by atoms with E-state index in [1.54, 1.807) is 24.5 Å². The summed E-state index contributed by atoms with van der Waals surface area (Å²) in [4.78, 5) is 22.2. The van der Waals surface area contributed by atoms with Crippen LogP contribution in [0.3, 0.4) is 0 Å². The minimum Gasteiger partial charge on any atom is -0.375 e. The molecule has 7 heteroatoms. The Morgan fingerprint density at radius 2 is 1.94 bits per heavy atom. The van der Waals surface area contributed by atoms with Crippen LogP contribution in [0, 0.1) is 5.82 Å².